The first-order valence-electron chi connectivity index (χ1n) is 13.3. The molecule has 1 saturated heterocycles. The average molecular weight is 571 g/mol. The summed E-state index contributed by atoms with van der Waals surface area (Å²) in [6.07, 6.45) is 1.89. The molecule has 7 heteroatoms. The molecule has 1 fully saturated rings. The number of carbonyl (C=O) groups is 1. The van der Waals surface area contributed by atoms with Crippen LogP contribution in [0.1, 0.15) is 31.9 Å². The van der Waals surface area contributed by atoms with Crippen molar-refractivity contribution in [2.45, 2.75) is 27.4 Å². The minimum atomic E-state index is -0.0549. The molecule has 1 aliphatic heterocycles. The number of thioether (sulfide) groups is 1. The summed E-state index contributed by atoms with van der Waals surface area (Å²) in [7, 11) is 0. The molecule has 0 saturated carbocycles. The number of amides is 1. The normalized spacial score (nSPS) is 15.5. The van der Waals surface area contributed by atoms with Gasteiger partial charge in [-0.05, 0) is 89.0 Å². The van der Waals surface area contributed by atoms with Gasteiger partial charge in [0, 0.05) is 11.6 Å². The van der Waals surface area contributed by atoms with Crippen molar-refractivity contribution in [1.29, 1.82) is 0 Å². The topological polar surface area (TPSA) is 51.1 Å². The smallest absolute Gasteiger partial charge is 0.266 e. The zero-order chi connectivity index (χ0) is 28.1. The van der Waals surface area contributed by atoms with Gasteiger partial charge in [-0.15, -0.1) is 0 Å². The van der Waals surface area contributed by atoms with Crippen molar-refractivity contribution in [3.63, 3.8) is 0 Å². The van der Waals surface area contributed by atoms with Gasteiger partial charge in [0.2, 0.25) is 0 Å². The van der Waals surface area contributed by atoms with Gasteiger partial charge in [-0.2, -0.15) is 0 Å². The number of fused-ring (bicyclic) bond motifs is 1. The maximum absolute atomic E-state index is 13.4. The second-order valence-electron chi connectivity index (χ2n) is 9.86. The first kappa shape index (κ1) is 27.8. The fourth-order valence-electron chi connectivity index (χ4n) is 4.47. The fourth-order valence-corrected chi connectivity index (χ4v) is 5.60. The van der Waals surface area contributed by atoms with Gasteiger partial charge in [0.25, 0.3) is 5.91 Å². The molecular weight excluding hydrogens is 540 g/mol. The summed E-state index contributed by atoms with van der Waals surface area (Å²) >= 11 is 7.41. The number of carbonyl (C=O) groups excluding carboxylic acids is 1. The van der Waals surface area contributed by atoms with Crippen LogP contribution in [-0.2, 0) is 11.4 Å². The van der Waals surface area contributed by atoms with Crippen molar-refractivity contribution in [1.82, 2.24) is 4.90 Å². The van der Waals surface area contributed by atoms with E-state index in [9.17, 15) is 4.79 Å². The zero-order valence-electron chi connectivity index (χ0n) is 22.8. The van der Waals surface area contributed by atoms with Crippen LogP contribution < -0.4 is 9.47 Å². The van der Waals surface area contributed by atoms with Crippen LogP contribution >= 0.6 is 23.4 Å². The van der Waals surface area contributed by atoms with E-state index in [1.165, 1.54) is 22.5 Å². The predicted molar refractivity (Wildman–Crippen MR) is 167 cm³/mol. The molecular formula is C33H31ClN2O3S. The predicted octanol–water partition coefficient (Wildman–Crippen LogP) is 8.73. The van der Waals surface area contributed by atoms with Gasteiger partial charge in [0.15, 0.2) is 16.7 Å². The van der Waals surface area contributed by atoms with Gasteiger partial charge >= 0.3 is 0 Å². The van der Waals surface area contributed by atoms with Crippen LogP contribution in [0.3, 0.4) is 0 Å². The molecule has 0 bridgehead atoms. The molecule has 0 aromatic heterocycles. The lowest BCUT2D eigenvalue weighted by atomic mass is 10.1. The molecule has 0 N–H and O–H groups in total. The molecule has 0 radical (unpaired) electrons. The highest BCUT2D eigenvalue weighted by molar-refractivity contribution is 8.18. The average Bonchev–Trinajstić information content (AvgIpc) is 3.22. The highest BCUT2D eigenvalue weighted by Crippen LogP contribution is 2.37. The maximum Gasteiger partial charge on any atom is 0.266 e. The number of rotatable bonds is 9. The number of ether oxygens (including phenoxy) is 2. The van der Waals surface area contributed by atoms with Crippen molar-refractivity contribution in [2.75, 3.05) is 13.2 Å². The SMILES string of the molecule is CCOc1cc(/C=C2\SC(=Nc3ccc(Cl)cc3)N(CC(C)C)C2=O)ccc1OCc1cccc2ccccc12. The summed E-state index contributed by atoms with van der Waals surface area (Å²) in [6.45, 7) is 7.62. The minimum absolute atomic E-state index is 0.0549. The molecule has 4 aromatic rings. The first-order chi connectivity index (χ1) is 19.4. The third-order valence-corrected chi connectivity index (χ3v) is 7.57. The van der Waals surface area contributed by atoms with Gasteiger partial charge in [0.1, 0.15) is 6.61 Å². The summed E-state index contributed by atoms with van der Waals surface area (Å²) in [5, 5.41) is 3.66. The quantitative estimate of drug-likeness (QED) is 0.189. The molecule has 1 amide bonds. The van der Waals surface area contributed by atoms with Gasteiger partial charge in [-0.1, -0.05) is 74.0 Å². The third kappa shape index (κ3) is 6.52. The second kappa shape index (κ2) is 12.6. The Kier molecular flexibility index (Phi) is 8.78. The van der Waals surface area contributed by atoms with Crippen LogP contribution in [0, 0.1) is 5.92 Å². The van der Waals surface area contributed by atoms with E-state index in [0.717, 1.165) is 16.8 Å². The van der Waals surface area contributed by atoms with Crippen LogP contribution in [0.4, 0.5) is 5.69 Å². The van der Waals surface area contributed by atoms with E-state index in [1.54, 1.807) is 17.0 Å². The van der Waals surface area contributed by atoms with Crippen LogP contribution in [0.15, 0.2) is 94.8 Å². The highest BCUT2D eigenvalue weighted by atomic mass is 35.5. The molecule has 0 unspecified atom stereocenters. The molecule has 5 rings (SSSR count). The molecule has 40 heavy (non-hydrogen) atoms. The monoisotopic (exact) mass is 570 g/mol. The van der Waals surface area contributed by atoms with Gasteiger partial charge in [0.05, 0.1) is 17.2 Å². The van der Waals surface area contributed by atoms with Crippen molar-refractivity contribution in [3.05, 3.63) is 106 Å². The van der Waals surface area contributed by atoms with Crippen LogP contribution in [0.5, 0.6) is 11.5 Å². The highest BCUT2D eigenvalue weighted by Gasteiger charge is 2.33. The van der Waals surface area contributed by atoms with E-state index in [-0.39, 0.29) is 5.91 Å². The number of benzene rings is 4. The molecule has 5 nitrogen and oxygen atoms in total. The van der Waals surface area contributed by atoms with E-state index in [0.29, 0.717) is 52.3 Å². The van der Waals surface area contributed by atoms with E-state index < -0.39 is 0 Å². The van der Waals surface area contributed by atoms with Crippen molar-refractivity contribution in [3.8, 4) is 11.5 Å². The van der Waals surface area contributed by atoms with E-state index in [2.05, 4.69) is 38.1 Å². The molecule has 4 aromatic carbocycles. The summed E-state index contributed by atoms with van der Waals surface area (Å²) in [6, 6.07) is 27.6. The fraction of sp³-hybridized carbons (Fsp3) is 0.212. The van der Waals surface area contributed by atoms with Crippen LogP contribution in [0.25, 0.3) is 16.8 Å². The molecule has 0 aliphatic carbocycles. The van der Waals surface area contributed by atoms with Crippen molar-refractivity contribution in [2.24, 2.45) is 10.9 Å². The molecule has 1 heterocycles. The molecule has 0 spiro atoms. The van der Waals surface area contributed by atoms with E-state index >= 15 is 0 Å². The Balaban J connectivity index is 1.40. The summed E-state index contributed by atoms with van der Waals surface area (Å²) < 4.78 is 12.2. The van der Waals surface area contributed by atoms with Crippen molar-refractivity contribution < 1.29 is 14.3 Å². The molecule has 0 atom stereocenters. The Morgan fingerprint density at radius 1 is 0.950 bits per heavy atom. The number of hydrogen-bond acceptors (Lipinski definition) is 5. The number of nitrogens with zero attached hydrogens (tertiary/aromatic N) is 2. The van der Waals surface area contributed by atoms with Crippen LogP contribution in [-0.4, -0.2) is 29.1 Å². The number of hydrogen-bond donors (Lipinski definition) is 0. The first-order valence-corrected chi connectivity index (χ1v) is 14.5. The lowest BCUT2D eigenvalue weighted by molar-refractivity contribution is -0.122. The summed E-state index contributed by atoms with van der Waals surface area (Å²) in [5.41, 5.74) is 2.72. The van der Waals surface area contributed by atoms with Gasteiger partial charge in [-0.25, -0.2) is 4.99 Å². The Labute approximate surface area is 244 Å². The van der Waals surface area contributed by atoms with E-state index in [1.807, 2.05) is 61.5 Å². The lowest BCUT2D eigenvalue weighted by Gasteiger charge is -2.17. The minimum Gasteiger partial charge on any atom is -0.490 e. The summed E-state index contributed by atoms with van der Waals surface area (Å²) in [5.74, 6) is 1.54. The van der Waals surface area contributed by atoms with Crippen molar-refractivity contribution >= 4 is 57.0 Å². The van der Waals surface area contributed by atoms with Gasteiger partial charge in [-0.3, -0.25) is 9.69 Å². The Morgan fingerprint density at radius 2 is 1.73 bits per heavy atom. The number of aliphatic imine (C=N–C) groups is 1. The second-order valence-corrected chi connectivity index (χ2v) is 11.3. The van der Waals surface area contributed by atoms with Crippen LogP contribution in [0.2, 0.25) is 5.02 Å². The standard InChI is InChI=1S/C33H31ClN2O3S/c1-4-38-30-18-23(12-17-29(30)39-21-25-10-7-9-24-8-5-6-11-28(24)25)19-31-32(37)36(20-22(2)3)33(40-31)35-27-15-13-26(34)14-16-27/h5-19,22H,4,20-21H2,1-3H3/b31-19-,35-33?. The summed E-state index contributed by atoms with van der Waals surface area (Å²) in [4.78, 5) is 20.5. The number of halogens is 1. The molecule has 204 valence electrons. The Hall–Kier alpha value is -3.74. The third-order valence-electron chi connectivity index (χ3n) is 6.32. The largest absolute Gasteiger partial charge is 0.490 e. The Morgan fingerprint density at radius 3 is 2.50 bits per heavy atom. The maximum atomic E-state index is 13.4. The zero-order valence-corrected chi connectivity index (χ0v) is 24.3. The van der Waals surface area contributed by atoms with Gasteiger partial charge < -0.3 is 9.47 Å². The molecule has 1 aliphatic rings. The lowest BCUT2D eigenvalue weighted by Crippen LogP contribution is -2.32. The number of amidine groups is 1. The Bertz CT molecular complexity index is 1580. The van der Waals surface area contributed by atoms with E-state index in [4.69, 9.17) is 26.1 Å².